The monoisotopic (exact) mass is 460 g/mol. The summed E-state index contributed by atoms with van der Waals surface area (Å²) in [5, 5.41) is 9.35. The predicted molar refractivity (Wildman–Crippen MR) is 114 cm³/mol. The van der Waals surface area contributed by atoms with E-state index in [0.29, 0.717) is 40.4 Å². The van der Waals surface area contributed by atoms with E-state index in [4.69, 9.17) is 9.47 Å². The number of halogens is 1. The summed E-state index contributed by atoms with van der Waals surface area (Å²) in [5.41, 5.74) is 3.45. The van der Waals surface area contributed by atoms with Gasteiger partial charge in [0, 0.05) is 7.05 Å². The van der Waals surface area contributed by atoms with Gasteiger partial charge in [0.05, 0.1) is 42.2 Å². The summed E-state index contributed by atoms with van der Waals surface area (Å²) >= 11 is 3.60. The second-order valence-electron chi connectivity index (χ2n) is 6.71. The molecule has 0 saturated carbocycles. The molecule has 1 aliphatic rings. The topological polar surface area (TPSA) is 102 Å². The third-order valence-electron chi connectivity index (χ3n) is 4.62. The maximum absolute atomic E-state index is 12.8. The molecular weight excluding hydrogens is 440 g/mol. The maximum atomic E-state index is 12.8. The Morgan fingerprint density at radius 2 is 2.24 bits per heavy atom. The van der Waals surface area contributed by atoms with Crippen molar-refractivity contribution in [1.82, 2.24) is 19.9 Å². The number of ether oxygens (including phenoxy) is 2. The lowest BCUT2D eigenvalue weighted by Gasteiger charge is -2.18. The average molecular weight is 461 g/mol. The molecule has 1 aromatic carbocycles. The minimum atomic E-state index is -0.320. The number of anilines is 3. The van der Waals surface area contributed by atoms with E-state index in [-0.39, 0.29) is 12.1 Å². The Balaban J connectivity index is 1.93. The lowest BCUT2D eigenvalue weighted by molar-refractivity contribution is 0.104. The molecule has 1 amide bonds. The van der Waals surface area contributed by atoms with Crippen LogP contribution in [0.3, 0.4) is 0 Å². The van der Waals surface area contributed by atoms with Crippen molar-refractivity contribution in [2.45, 2.75) is 19.6 Å². The van der Waals surface area contributed by atoms with Gasteiger partial charge in [0.1, 0.15) is 23.4 Å². The Morgan fingerprint density at radius 3 is 3.00 bits per heavy atom. The molecule has 9 nitrogen and oxygen atoms in total. The molecule has 0 saturated heterocycles. The fraction of sp³-hybridized carbons (Fsp3) is 0.316. The van der Waals surface area contributed by atoms with E-state index >= 15 is 0 Å². The highest BCUT2D eigenvalue weighted by molar-refractivity contribution is 9.10. The number of imidazole rings is 1. The Kier molecular flexibility index (Phi) is 5.29. The van der Waals surface area contributed by atoms with Crippen LogP contribution in [0, 0.1) is 0 Å². The number of aromatic nitrogens is 3. The average Bonchev–Trinajstić information content (AvgIpc) is 3.12. The van der Waals surface area contributed by atoms with Crippen LogP contribution < -0.4 is 20.7 Å². The van der Waals surface area contributed by atoms with E-state index in [2.05, 4.69) is 41.8 Å². The molecule has 3 N–H and O–H groups in total. The zero-order valence-electron chi connectivity index (χ0n) is 16.2. The number of nitrogens with zero attached hydrogens (tertiary/aromatic N) is 3. The number of amides is 1. The first kappa shape index (κ1) is 19.5. The van der Waals surface area contributed by atoms with Crippen LogP contribution in [0.2, 0.25) is 0 Å². The van der Waals surface area contributed by atoms with Gasteiger partial charge in [-0.1, -0.05) is 6.07 Å². The fourth-order valence-electron chi connectivity index (χ4n) is 3.21. The van der Waals surface area contributed by atoms with Gasteiger partial charge >= 0.3 is 6.03 Å². The highest BCUT2D eigenvalue weighted by atomic mass is 79.9. The lowest BCUT2D eigenvalue weighted by atomic mass is 10.2. The summed E-state index contributed by atoms with van der Waals surface area (Å²) in [6, 6.07) is 5.28. The second-order valence-corrected chi connectivity index (χ2v) is 7.50. The molecule has 2 aromatic heterocycles. The highest BCUT2D eigenvalue weighted by Crippen LogP contribution is 2.38. The van der Waals surface area contributed by atoms with Gasteiger partial charge in [-0.2, -0.15) is 0 Å². The third kappa shape index (κ3) is 3.60. The van der Waals surface area contributed by atoms with Crippen LogP contribution >= 0.6 is 15.9 Å². The first-order chi connectivity index (χ1) is 14.0. The zero-order valence-corrected chi connectivity index (χ0v) is 17.8. The number of carbonyl (C=O) groups is 1. The number of hydrogen-bond donors (Lipinski definition) is 3. The Hall–Kier alpha value is -2.85. The normalized spacial score (nSPS) is 16.8. The minimum absolute atomic E-state index is 0.183. The van der Waals surface area contributed by atoms with Gasteiger partial charge in [0.25, 0.3) is 0 Å². The number of hydrogen-bond acceptors (Lipinski definition) is 7. The minimum Gasteiger partial charge on any atom is -0.495 e. The molecule has 29 heavy (non-hydrogen) atoms. The van der Waals surface area contributed by atoms with E-state index in [1.165, 1.54) is 10.9 Å². The molecule has 10 heteroatoms. The van der Waals surface area contributed by atoms with E-state index in [1.807, 2.05) is 25.1 Å². The molecule has 4 bridgehead atoms. The molecule has 0 fully saturated rings. The third-order valence-corrected chi connectivity index (χ3v) is 5.39. The number of pyridine rings is 1. The van der Waals surface area contributed by atoms with Gasteiger partial charge in [-0.3, -0.25) is 0 Å². The number of fused-ring (bicyclic) bond motifs is 3. The Labute approximate surface area is 175 Å². The standard InChI is InChI=1S/C19H21BrN6O3/c1-10-7-29-8-11-4-5-13(28-3)12(6-11)24-17-14(20)15(21-2)16-18(25-17)26(9-22-16)19(27)23-10/h4-6,9-10H,7-8H2,1-3H3,(H,23,27)(H2,21,24,25). The van der Waals surface area contributed by atoms with Crippen molar-refractivity contribution < 1.29 is 14.3 Å². The second kappa shape index (κ2) is 7.88. The fourth-order valence-corrected chi connectivity index (χ4v) is 3.78. The lowest BCUT2D eigenvalue weighted by Crippen LogP contribution is -2.38. The summed E-state index contributed by atoms with van der Waals surface area (Å²) in [6.07, 6.45) is 1.46. The summed E-state index contributed by atoms with van der Waals surface area (Å²) in [5.74, 6) is 1.19. The van der Waals surface area contributed by atoms with Crippen molar-refractivity contribution in [3.05, 3.63) is 34.6 Å². The van der Waals surface area contributed by atoms with Crippen LogP contribution in [0.25, 0.3) is 11.2 Å². The maximum Gasteiger partial charge on any atom is 0.328 e. The first-order valence-corrected chi connectivity index (χ1v) is 9.88. The predicted octanol–water partition coefficient (Wildman–Crippen LogP) is 3.46. The zero-order chi connectivity index (χ0) is 20.5. The molecule has 1 aliphatic heterocycles. The number of nitrogens with one attached hydrogen (secondary N) is 3. The van der Waals surface area contributed by atoms with Crippen molar-refractivity contribution in [2.75, 3.05) is 31.4 Å². The van der Waals surface area contributed by atoms with Gasteiger partial charge in [0.2, 0.25) is 0 Å². The molecule has 1 atom stereocenters. The largest absolute Gasteiger partial charge is 0.495 e. The molecule has 3 aromatic rings. The van der Waals surface area contributed by atoms with Crippen LogP contribution in [0.1, 0.15) is 12.5 Å². The van der Waals surface area contributed by atoms with Crippen molar-refractivity contribution in [3.8, 4) is 5.75 Å². The van der Waals surface area contributed by atoms with E-state index in [1.54, 1.807) is 14.2 Å². The number of rotatable bonds is 2. The van der Waals surface area contributed by atoms with Gasteiger partial charge < -0.3 is 25.4 Å². The molecule has 0 spiro atoms. The van der Waals surface area contributed by atoms with Crippen LogP contribution in [0.5, 0.6) is 5.75 Å². The Morgan fingerprint density at radius 1 is 1.41 bits per heavy atom. The molecule has 0 aliphatic carbocycles. The summed E-state index contributed by atoms with van der Waals surface area (Å²) < 4.78 is 13.4. The molecule has 0 radical (unpaired) electrons. The summed E-state index contributed by atoms with van der Waals surface area (Å²) in [6.45, 7) is 2.67. The van der Waals surface area contributed by atoms with Gasteiger partial charge in [-0.25, -0.2) is 19.3 Å². The Bertz CT molecular complexity index is 1080. The SMILES string of the molecule is CNc1c(Br)c2nc3c1ncn3C(=O)NC(C)COCc1ccc(OC)c(c1)N2. The van der Waals surface area contributed by atoms with Crippen molar-refractivity contribution >= 4 is 50.3 Å². The number of carbonyl (C=O) groups excluding carboxylic acids is 1. The number of benzene rings is 1. The van der Waals surface area contributed by atoms with Gasteiger partial charge in [-0.05, 0) is 40.5 Å². The van der Waals surface area contributed by atoms with Gasteiger partial charge in [0.15, 0.2) is 5.65 Å². The molecule has 4 rings (SSSR count). The molecule has 3 heterocycles. The van der Waals surface area contributed by atoms with Crippen LogP contribution in [-0.2, 0) is 11.3 Å². The van der Waals surface area contributed by atoms with Crippen LogP contribution in [0.4, 0.5) is 22.0 Å². The van der Waals surface area contributed by atoms with Crippen molar-refractivity contribution in [3.63, 3.8) is 0 Å². The van der Waals surface area contributed by atoms with Gasteiger partial charge in [-0.15, -0.1) is 0 Å². The summed E-state index contributed by atoms with van der Waals surface area (Å²) in [7, 11) is 3.40. The highest BCUT2D eigenvalue weighted by Gasteiger charge is 2.21. The van der Waals surface area contributed by atoms with E-state index < -0.39 is 0 Å². The first-order valence-electron chi connectivity index (χ1n) is 9.08. The molecule has 1 unspecified atom stereocenters. The van der Waals surface area contributed by atoms with Crippen molar-refractivity contribution in [2.24, 2.45) is 0 Å². The smallest absolute Gasteiger partial charge is 0.328 e. The van der Waals surface area contributed by atoms with Crippen LogP contribution in [-0.4, -0.2) is 47.4 Å². The van der Waals surface area contributed by atoms with Crippen LogP contribution in [0.15, 0.2) is 29.0 Å². The van der Waals surface area contributed by atoms with Crippen molar-refractivity contribution in [1.29, 1.82) is 0 Å². The quantitative estimate of drug-likeness (QED) is 0.537. The van der Waals surface area contributed by atoms with E-state index in [9.17, 15) is 4.79 Å². The molecular formula is C19H21BrN6O3. The summed E-state index contributed by atoms with van der Waals surface area (Å²) in [4.78, 5) is 21.8. The van der Waals surface area contributed by atoms with E-state index in [0.717, 1.165) is 16.9 Å². The molecule has 152 valence electrons. The number of methoxy groups -OCH3 is 1.